The largest absolute Gasteiger partial charge is 0.382 e. The van der Waals surface area contributed by atoms with E-state index in [0.29, 0.717) is 46.7 Å². The fraction of sp³-hybridized carbons (Fsp3) is 0.192. The van der Waals surface area contributed by atoms with Crippen LogP contribution < -0.4 is 22.3 Å². The zero-order chi connectivity index (χ0) is 28.0. The van der Waals surface area contributed by atoms with E-state index in [1.54, 1.807) is 41.2 Å². The highest BCUT2D eigenvalue weighted by Crippen LogP contribution is 2.26. The molecule has 12 heteroatoms. The number of aryl methyl sites for hydroxylation is 1. The molecule has 0 bridgehead atoms. The van der Waals surface area contributed by atoms with Crippen LogP contribution in [0.5, 0.6) is 0 Å². The molecule has 2 aromatic carbocycles. The number of nitrogens with two attached hydrogens (primary N) is 2. The van der Waals surface area contributed by atoms with Crippen molar-refractivity contribution in [3.05, 3.63) is 81.2 Å². The van der Waals surface area contributed by atoms with Crippen molar-refractivity contribution in [2.75, 3.05) is 30.9 Å². The summed E-state index contributed by atoms with van der Waals surface area (Å²) in [6.07, 6.45) is 6.09. The molecule has 3 heterocycles. The number of fused-ring (bicyclic) bond motifs is 2. The van der Waals surface area contributed by atoms with Gasteiger partial charge in [0.1, 0.15) is 11.4 Å². The second-order valence-corrected chi connectivity index (χ2v) is 10.4. The van der Waals surface area contributed by atoms with Gasteiger partial charge in [0.05, 0.1) is 21.0 Å². The number of nitrogens with zero attached hydrogens (tertiary/aromatic N) is 3. The molecule has 1 aliphatic heterocycles. The summed E-state index contributed by atoms with van der Waals surface area (Å²) in [4.78, 5) is 23.8. The zero-order valence-corrected chi connectivity index (χ0v) is 22.8. The number of hydrogen-bond donors (Lipinski definition) is 3. The SMILES string of the molecule is CCc1cc2cccc(Cl)c2c(=O)n1-c1ccccc1S(C)(=O)=O.CN.Nc1nn2c(c1C=O)NCC=C2. The zero-order valence-electron chi connectivity index (χ0n) is 21.2. The second-order valence-electron chi connectivity index (χ2n) is 8.05. The quantitative estimate of drug-likeness (QED) is 0.323. The molecule has 0 amide bonds. The van der Waals surface area contributed by atoms with Gasteiger partial charge in [-0.25, -0.2) is 13.1 Å². The maximum atomic E-state index is 13.1. The maximum absolute atomic E-state index is 13.1. The summed E-state index contributed by atoms with van der Waals surface area (Å²) in [6.45, 7) is 2.62. The monoisotopic (exact) mass is 556 g/mol. The van der Waals surface area contributed by atoms with Crippen molar-refractivity contribution in [1.29, 1.82) is 0 Å². The number of aldehydes is 1. The van der Waals surface area contributed by atoms with Crippen molar-refractivity contribution < 1.29 is 13.2 Å². The Bertz CT molecular complexity index is 1680. The third-order valence-electron chi connectivity index (χ3n) is 5.67. The van der Waals surface area contributed by atoms with E-state index in [9.17, 15) is 18.0 Å². The molecular formula is C26H29ClN6O4S. The molecule has 5 N–H and O–H groups in total. The molecule has 0 saturated heterocycles. The molecule has 0 radical (unpaired) electrons. The average Bonchev–Trinajstić information content (AvgIpc) is 3.24. The van der Waals surface area contributed by atoms with Crippen molar-refractivity contribution >= 4 is 56.3 Å². The van der Waals surface area contributed by atoms with Gasteiger partial charge in [0, 0.05) is 24.7 Å². The van der Waals surface area contributed by atoms with Crippen LogP contribution in [0.15, 0.2) is 64.3 Å². The number of aromatic nitrogens is 3. The minimum absolute atomic E-state index is 0.119. The van der Waals surface area contributed by atoms with Crippen LogP contribution in [0.2, 0.25) is 5.02 Å². The minimum Gasteiger partial charge on any atom is -0.382 e. The predicted octanol–water partition coefficient (Wildman–Crippen LogP) is 3.36. The van der Waals surface area contributed by atoms with Gasteiger partial charge in [-0.3, -0.25) is 14.2 Å². The number of nitrogens with one attached hydrogen (secondary N) is 1. The van der Waals surface area contributed by atoms with Crippen LogP contribution in [-0.4, -0.2) is 48.9 Å². The number of para-hydroxylation sites is 1. The topological polar surface area (TPSA) is 155 Å². The standard InChI is InChI=1S/C18H16ClNO3S.C7H8N4O.CH5N/c1-3-13-11-12-7-6-8-14(19)17(12)18(21)20(13)15-9-4-5-10-16(15)24(2,22)23;8-6-5(4-12)7-9-2-1-3-11(7)10-6;1-2/h4-11H,3H2,1-2H3;1,3-4,9H,2H2,(H2,8,10);2H2,1H3. The normalized spacial score (nSPS) is 11.9. The molecule has 38 heavy (non-hydrogen) atoms. The fourth-order valence-electron chi connectivity index (χ4n) is 4.03. The van der Waals surface area contributed by atoms with Crippen LogP contribution in [-0.2, 0) is 16.3 Å². The van der Waals surface area contributed by atoms with Crippen molar-refractivity contribution in [2.45, 2.75) is 18.2 Å². The molecule has 0 aliphatic carbocycles. The van der Waals surface area contributed by atoms with E-state index in [0.717, 1.165) is 17.3 Å². The number of halogens is 1. The molecular weight excluding hydrogens is 528 g/mol. The summed E-state index contributed by atoms with van der Waals surface area (Å²) < 4.78 is 27.3. The van der Waals surface area contributed by atoms with E-state index >= 15 is 0 Å². The second kappa shape index (κ2) is 12.1. The van der Waals surface area contributed by atoms with Crippen molar-refractivity contribution in [3.63, 3.8) is 0 Å². The average molecular weight is 557 g/mol. The molecule has 10 nitrogen and oxygen atoms in total. The highest BCUT2D eigenvalue weighted by Gasteiger charge is 2.19. The molecule has 0 fully saturated rings. The first-order valence-electron chi connectivity index (χ1n) is 11.6. The summed E-state index contributed by atoms with van der Waals surface area (Å²) >= 11 is 6.22. The molecule has 2 aromatic heterocycles. The highest BCUT2D eigenvalue weighted by molar-refractivity contribution is 7.90. The summed E-state index contributed by atoms with van der Waals surface area (Å²) in [5, 5.41) is 8.43. The van der Waals surface area contributed by atoms with Crippen molar-refractivity contribution in [2.24, 2.45) is 5.73 Å². The van der Waals surface area contributed by atoms with Crippen molar-refractivity contribution in [3.8, 4) is 5.69 Å². The Balaban J connectivity index is 0.000000238. The lowest BCUT2D eigenvalue weighted by molar-refractivity contribution is 0.112. The van der Waals surface area contributed by atoms with Gasteiger partial charge >= 0.3 is 0 Å². The Labute approximate surface area is 225 Å². The van der Waals surface area contributed by atoms with Gasteiger partial charge in [-0.15, -0.1) is 5.10 Å². The van der Waals surface area contributed by atoms with Crippen LogP contribution in [0.25, 0.3) is 22.7 Å². The lowest BCUT2D eigenvalue weighted by Crippen LogP contribution is -2.24. The maximum Gasteiger partial charge on any atom is 0.264 e. The first-order chi connectivity index (χ1) is 18.2. The summed E-state index contributed by atoms with van der Waals surface area (Å²) in [5.74, 6) is 0.934. The van der Waals surface area contributed by atoms with E-state index in [2.05, 4.69) is 16.1 Å². The number of pyridine rings is 1. The third-order valence-corrected chi connectivity index (χ3v) is 7.13. The smallest absolute Gasteiger partial charge is 0.264 e. The molecule has 200 valence electrons. The van der Waals surface area contributed by atoms with E-state index in [1.165, 1.54) is 17.7 Å². The Morgan fingerprint density at radius 1 is 1.16 bits per heavy atom. The molecule has 0 spiro atoms. The van der Waals surface area contributed by atoms with Crippen LogP contribution in [0, 0.1) is 0 Å². The van der Waals surface area contributed by atoms with Crippen LogP contribution in [0.3, 0.4) is 0 Å². The number of carbonyl (C=O) groups excluding carboxylic acids is 1. The summed E-state index contributed by atoms with van der Waals surface area (Å²) in [7, 11) is -1.98. The first kappa shape index (κ1) is 28.6. The Morgan fingerprint density at radius 2 is 1.87 bits per heavy atom. The number of benzene rings is 2. The van der Waals surface area contributed by atoms with Crippen molar-refractivity contribution in [1.82, 2.24) is 14.3 Å². The van der Waals surface area contributed by atoms with Gasteiger partial charge in [-0.2, -0.15) is 0 Å². The number of sulfone groups is 1. The summed E-state index contributed by atoms with van der Waals surface area (Å²) in [6, 6.07) is 13.7. The predicted molar refractivity (Wildman–Crippen MR) is 153 cm³/mol. The van der Waals surface area contributed by atoms with Gasteiger partial charge in [0.2, 0.25) is 0 Å². The number of anilines is 2. The van der Waals surface area contributed by atoms with Gasteiger partial charge < -0.3 is 16.8 Å². The number of carbonyl (C=O) groups is 1. The van der Waals surface area contributed by atoms with E-state index < -0.39 is 9.84 Å². The Morgan fingerprint density at radius 3 is 2.53 bits per heavy atom. The van der Waals surface area contributed by atoms with Crippen LogP contribution >= 0.6 is 11.6 Å². The number of nitrogen functional groups attached to an aromatic ring is 1. The number of hydrogen-bond acceptors (Lipinski definition) is 8. The van der Waals surface area contributed by atoms with Gasteiger partial charge in [0.15, 0.2) is 21.9 Å². The third kappa shape index (κ3) is 5.64. The Hall–Kier alpha value is -3.93. The summed E-state index contributed by atoms with van der Waals surface area (Å²) in [5.41, 5.74) is 11.2. The molecule has 1 aliphatic rings. The minimum atomic E-state index is -3.48. The van der Waals surface area contributed by atoms with Crippen LogP contribution in [0.4, 0.5) is 11.6 Å². The fourth-order valence-corrected chi connectivity index (χ4v) is 5.15. The van der Waals surface area contributed by atoms with Gasteiger partial charge in [-0.1, -0.05) is 42.8 Å². The van der Waals surface area contributed by atoms with Crippen LogP contribution in [0.1, 0.15) is 23.0 Å². The Kier molecular flexibility index (Phi) is 9.10. The van der Waals surface area contributed by atoms with E-state index in [4.69, 9.17) is 17.3 Å². The molecule has 0 unspecified atom stereocenters. The van der Waals surface area contributed by atoms with Gasteiger partial charge in [0.25, 0.3) is 5.56 Å². The lowest BCUT2D eigenvalue weighted by atomic mass is 10.1. The lowest BCUT2D eigenvalue weighted by Gasteiger charge is -2.16. The van der Waals surface area contributed by atoms with Gasteiger partial charge in [-0.05, 0) is 49.2 Å². The number of rotatable bonds is 4. The highest BCUT2D eigenvalue weighted by atomic mass is 35.5. The molecule has 4 aromatic rings. The van der Waals surface area contributed by atoms with E-state index in [1.807, 2.05) is 25.1 Å². The molecule has 0 saturated carbocycles. The first-order valence-corrected chi connectivity index (χ1v) is 13.9. The molecule has 0 atom stereocenters. The molecule has 5 rings (SSSR count). The van der Waals surface area contributed by atoms with E-state index in [-0.39, 0.29) is 16.3 Å².